The van der Waals surface area contributed by atoms with Crippen molar-refractivity contribution in [3.05, 3.63) is 29.8 Å². The van der Waals surface area contributed by atoms with Gasteiger partial charge >= 0.3 is 6.03 Å². The molecule has 0 unspecified atom stereocenters. The highest BCUT2D eigenvalue weighted by molar-refractivity contribution is 5.75. The summed E-state index contributed by atoms with van der Waals surface area (Å²) in [6.07, 6.45) is 2.07. The van der Waals surface area contributed by atoms with Gasteiger partial charge in [-0.05, 0) is 30.5 Å². The highest BCUT2D eigenvalue weighted by atomic mass is 16.5. The number of rotatable bonds is 5. The SMILES string of the molecule is COCCNC(=O)N1CCC[C@H]1c1cccc(N(C)C)c1. The number of methoxy groups -OCH3 is 1. The number of amides is 2. The molecule has 5 heteroatoms. The van der Waals surface area contributed by atoms with Crippen LogP contribution in [0.5, 0.6) is 0 Å². The average molecular weight is 291 g/mol. The van der Waals surface area contributed by atoms with Crippen LogP contribution in [0.1, 0.15) is 24.4 Å². The van der Waals surface area contributed by atoms with E-state index in [1.165, 1.54) is 11.3 Å². The Bertz CT molecular complexity index is 476. The molecule has 5 nitrogen and oxygen atoms in total. The molecule has 0 aliphatic carbocycles. The second-order valence-corrected chi connectivity index (χ2v) is 5.57. The van der Waals surface area contributed by atoms with Crippen LogP contribution in [-0.4, -0.2) is 51.8 Å². The predicted molar refractivity (Wildman–Crippen MR) is 84.7 cm³/mol. The fraction of sp³-hybridized carbons (Fsp3) is 0.562. The fourth-order valence-corrected chi connectivity index (χ4v) is 2.73. The van der Waals surface area contributed by atoms with Gasteiger partial charge < -0.3 is 19.9 Å². The number of ether oxygens (including phenoxy) is 1. The first-order chi connectivity index (χ1) is 10.1. The normalized spacial score (nSPS) is 17.9. The van der Waals surface area contributed by atoms with Crippen molar-refractivity contribution in [3.8, 4) is 0 Å². The molecule has 1 aliphatic rings. The zero-order valence-electron chi connectivity index (χ0n) is 13.1. The molecule has 0 radical (unpaired) electrons. The van der Waals surface area contributed by atoms with Crippen LogP contribution in [0.15, 0.2) is 24.3 Å². The van der Waals surface area contributed by atoms with E-state index in [2.05, 4.69) is 34.5 Å². The minimum Gasteiger partial charge on any atom is -0.383 e. The van der Waals surface area contributed by atoms with E-state index >= 15 is 0 Å². The largest absolute Gasteiger partial charge is 0.383 e. The van der Waals surface area contributed by atoms with Gasteiger partial charge in [0, 0.05) is 40.0 Å². The maximum absolute atomic E-state index is 12.3. The molecule has 1 fully saturated rings. The summed E-state index contributed by atoms with van der Waals surface area (Å²) in [4.78, 5) is 16.3. The Morgan fingerprint density at radius 1 is 1.48 bits per heavy atom. The molecule has 1 aromatic carbocycles. The maximum Gasteiger partial charge on any atom is 0.317 e. The smallest absolute Gasteiger partial charge is 0.317 e. The number of nitrogens with zero attached hydrogens (tertiary/aromatic N) is 2. The van der Waals surface area contributed by atoms with Crippen LogP contribution in [0.25, 0.3) is 0 Å². The molecule has 21 heavy (non-hydrogen) atoms. The van der Waals surface area contributed by atoms with E-state index < -0.39 is 0 Å². The Balaban J connectivity index is 2.07. The summed E-state index contributed by atoms with van der Waals surface area (Å²) in [5, 5.41) is 2.91. The van der Waals surface area contributed by atoms with Crippen molar-refractivity contribution in [1.29, 1.82) is 0 Å². The molecule has 1 N–H and O–H groups in total. The third-order valence-corrected chi connectivity index (χ3v) is 3.87. The molecule has 1 saturated heterocycles. The molecule has 2 rings (SSSR count). The van der Waals surface area contributed by atoms with Crippen LogP contribution in [-0.2, 0) is 4.74 Å². The molecule has 1 aromatic rings. The second-order valence-electron chi connectivity index (χ2n) is 5.57. The predicted octanol–water partition coefficient (Wildman–Crippen LogP) is 2.25. The van der Waals surface area contributed by atoms with E-state index in [0.717, 1.165) is 19.4 Å². The quantitative estimate of drug-likeness (QED) is 0.846. The van der Waals surface area contributed by atoms with Crippen molar-refractivity contribution < 1.29 is 9.53 Å². The van der Waals surface area contributed by atoms with E-state index in [0.29, 0.717) is 13.2 Å². The lowest BCUT2D eigenvalue weighted by molar-refractivity contribution is 0.176. The van der Waals surface area contributed by atoms with Crippen LogP contribution in [0.4, 0.5) is 10.5 Å². The summed E-state index contributed by atoms with van der Waals surface area (Å²) < 4.78 is 4.97. The van der Waals surface area contributed by atoms with Gasteiger partial charge in [0.05, 0.1) is 12.6 Å². The Morgan fingerprint density at radius 3 is 3.00 bits per heavy atom. The van der Waals surface area contributed by atoms with E-state index in [1.807, 2.05) is 19.0 Å². The Morgan fingerprint density at radius 2 is 2.29 bits per heavy atom. The first-order valence-electron chi connectivity index (χ1n) is 7.44. The number of hydrogen-bond acceptors (Lipinski definition) is 3. The maximum atomic E-state index is 12.3. The Labute approximate surface area is 126 Å². The van der Waals surface area contributed by atoms with Crippen molar-refractivity contribution >= 4 is 11.7 Å². The zero-order valence-corrected chi connectivity index (χ0v) is 13.1. The molecule has 1 aliphatic heterocycles. The number of carbonyl (C=O) groups is 1. The van der Waals surface area contributed by atoms with Crippen molar-refractivity contribution in [2.24, 2.45) is 0 Å². The van der Waals surface area contributed by atoms with Crippen LogP contribution < -0.4 is 10.2 Å². The minimum atomic E-state index is 0.00445. The molecule has 116 valence electrons. The third-order valence-electron chi connectivity index (χ3n) is 3.87. The average Bonchev–Trinajstić information content (AvgIpc) is 2.97. The lowest BCUT2D eigenvalue weighted by Crippen LogP contribution is -2.40. The fourth-order valence-electron chi connectivity index (χ4n) is 2.73. The van der Waals surface area contributed by atoms with Crippen molar-refractivity contribution in [1.82, 2.24) is 10.2 Å². The molecule has 0 bridgehead atoms. The van der Waals surface area contributed by atoms with Gasteiger partial charge in [0.1, 0.15) is 0 Å². The summed E-state index contributed by atoms with van der Waals surface area (Å²) in [5.41, 5.74) is 2.37. The lowest BCUT2D eigenvalue weighted by Gasteiger charge is -2.26. The van der Waals surface area contributed by atoms with Crippen molar-refractivity contribution in [3.63, 3.8) is 0 Å². The van der Waals surface area contributed by atoms with Crippen LogP contribution in [0, 0.1) is 0 Å². The first-order valence-corrected chi connectivity index (χ1v) is 7.44. The van der Waals surface area contributed by atoms with Gasteiger partial charge in [0.2, 0.25) is 0 Å². The summed E-state index contributed by atoms with van der Waals surface area (Å²) in [6, 6.07) is 8.60. The van der Waals surface area contributed by atoms with E-state index in [1.54, 1.807) is 7.11 Å². The molecular weight excluding hydrogens is 266 g/mol. The molecule has 0 aromatic heterocycles. The minimum absolute atomic E-state index is 0.00445. The summed E-state index contributed by atoms with van der Waals surface area (Å²) in [5.74, 6) is 0. The number of nitrogens with one attached hydrogen (secondary N) is 1. The van der Waals surface area contributed by atoms with Gasteiger partial charge in [0.15, 0.2) is 0 Å². The highest BCUT2D eigenvalue weighted by Gasteiger charge is 2.29. The summed E-state index contributed by atoms with van der Waals surface area (Å²) in [6.45, 7) is 1.91. The molecule has 0 saturated carbocycles. The number of urea groups is 1. The lowest BCUT2D eigenvalue weighted by atomic mass is 10.0. The van der Waals surface area contributed by atoms with Gasteiger partial charge in [-0.3, -0.25) is 0 Å². The van der Waals surface area contributed by atoms with E-state index in [4.69, 9.17) is 4.74 Å². The molecule has 2 amide bonds. The van der Waals surface area contributed by atoms with Gasteiger partial charge in [-0.15, -0.1) is 0 Å². The first kappa shape index (κ1) is 15.6. The van der Waals surface area contributed by atoms with E-state index in [9.17, 15) is 4.79 Å². The molecule has 1 heterocycles. The number of hydrogen-bond donors (Lipinski definition) is 1. The van der Waals surface area contributed by atoms with Crippen LogP contribution in [0.2, 0.25) is 0 Å². The van der Waals surface area contributed by atoms with Gasteiger partial charge in [-0.25, -0.2) is 4.79 Å². The second kappa shape index (κ2) is 7.31. The Hall–Kier alpha value is -1.75. The van der Waals surface area contributed by atoms with Crippen molar-refractivity contribution in [2.75, 3.05) is 45.8 Å². The molecule has 1 atom stereocenters. The van der Waals surface area contributed by atoms with Crippen LogP contribution in [0.3, 0.4) is 0 Å². The number of anilines is 1. The van der Waals surface area contributed by atoms with Gasteiger partial charge in [0.25, 0.3) is 0 Å². The topological polar surface area (TPSA) is 44.8 Å². The molecular formula is C16H25N3O2. The Kier molecular flexibility index (Phi) is 5.44. The third kappa shape index (κ3) is 3.88. The summed E-state index contributed by atoms with van der Waals surface area (Å²) >= 11 is 0. The zero-order chi connectivity index (χ0) is 15.2. The number of carbonyl (C=O) groups excluding carboxylic acids is 1. The standard InChI is InChI=1S/C16H25N3O2/c1-18(2)14-7-4-6-13(12-14)15-8-5-10-19(15)16(20)17-9-11-21-3/h4,6-7,12,15H,5,8-11H2,1-3H3,(H,17,20)/t15-/m0/s1. The molecule has 0 spiro atoms. The van der Waals surface area contributed by atoms with Gasteiger partial charge in [-0.1, -0.05) is 12.1 Å². The highest BCUT2D eigenvalue weighted by Crippen LogP contribution is 2.33. The van der Waals surface area contributed by atoms with E-state index in [-0.39, 0.29) is 12.1 Å². The number of benzene rings is 1. The monoisotopic (exact) mass is 291 g/mol. The summed E-state index contributed by atoms with van der Waals surface area (Å²) in [7, 11) is 5.70. The van der Waals surface area contributed by atoms with Crippen LogP contribution >= 0.6 is 0 Å². The number of likely N-dealkylation sites (tertiary alicyclic amines) is 1. The van der Waals surface area contributed by atoms with Gasteiger partial charge in [-0.2, -0.15) is 0 Å². The van der Waals surface area contributed by atoms with Crippen molar-refractivity contribution in [2.45, 2.75) is 18.9 Å².